The summed E-state index contributed by atoms with van der Waals surface area (Å²) in [6.07, 6.45) is 3.20. The summed E-state index contributed by atoms with van der Waals surface area (Å²) in [6, 6.07) is 10.5. The average Bonchev–Trinajstić information content (AvgIpc) is 2.62. The Kier molecular flexibility index (Phi) is 9.47. The molecule has 1 aromatic heterocycles. The van der Waals surface area contributed by atoms with Crippen molar-refractivity contribution in [1.82, 2.24) is 10.3 Å². The molecule has 2 rings (SSSR count). The van der Waals surface area contributed by atoms with Gasteiger partial charge in [0.05, 0.1) is 12.6 Å². The van der Waals surface area contributed by atoms with Gasteiger partial charge < -0.3 is 20.5 Å². The van der Waals surface area contributed by atoms with Crippen LogP contribution in [-0.4, -0.2) is 23.5 Å². The number of nitrogens with zero attached hydrogens (tertiary/aromatic N) is 1. The third-order valence-corrected chi connectivity index (χ3v) is 3.56. The van der Waals surface area contributed by atoms with Crippen LogP contribution in [0.5, 0.6) is 17.4 Å². The van der Waals surface area contributed by atoms with E-state index in [0.29, 0.717) is 31.2 Å². The number of hydrogen-bond donors (Lipinski definition) is 2. The number of carbonyl (C=O) groups is 1. The number of pyridine rings is 1. The number of nitrogens with two attached hydrogens (primary N) is 1. The van der Waals surface area contributed by atoms with E-state index in [9.17, 15) is 4.79 Å². The molecule has 1 heterocycles. The van der Waals surface area contributed by atoms with Gasteiger partial charge in [0.2, 0.25) is 11.8 Å². The molecule has 0 radical (unpaired) electrons. The Balaban J connectivity index is 0.00000338. The van der Waals surface area contributed by atoms with E-state index in [1.54, 1.807) is 12.3 Å². The lowest BCUT2D eigenvalue weighted by Gasteiger charge is -2.12. The molecule has 1 amide bonds. The van der Waals surface area contributed by atoms with E-state index in [2.05, 4.69) is 10.3 Å². The summed E-state index contributed by atoms with van der Waals surface area (Å²) in [7, 11) is 0. The second-order valence-electron chi connectivity index (χ2n) is 5.62. The van der Waals surface area contributed by atoms with Crippen molar-refractivity contribution in [3.8, 4) is 17.4 Å². The van der Waals surface area contributed by atoms with Gasteiger partial charge in [-0.2, -0.15) is 0 Å². The molecule has 2 aromatic rings. The molecule has 0 aliphatic carbocycles. The van der Waals surface area contributed by atoms with Gasteiger partial charge in [-0.15, -0.1) is 12.4 Å². The first-order valence-corrected chi connectivity index (χ1v) is 8.51. The zero-order chi connectivity index (χ0) is 18.1. The van der Waals surface area contributed by atoms with Crippen molar-refractivity contribution in [3.05, 3.63) is 48.2 Å². The van der Waals surface area contributed by atoms with Gasteiger partial charge in [0.1, 0.15) is 11.5 Å². The van der Waals surface area contributed by atoms with E-state index in [1.165, 1.54) is 0 Å². The van der Waals surface area contributed by atoms with Crippen molar-refractivity contribution in [3.63, 3.8) is 0 Å². The Morgan fingerprint density at radius 3 is 2.54 bits per heavy atom. The Hall–Kier alpha value is -2.31. The molecule has 0 fully saturated rings. The Morgan fingerprint density at radius 2 is 1.88 bits per heavy atom. The molecular weight excluding hydrogens is 354 g/mol. The molecule has 6 nitrogen and oxygen atoms in total. The highest BCUT2D eigenvalue weighted by molar-refractivity contribution is 5.85. The fourth-order valence-corrected chi connectivity index (χ4v) is 2.27. The van der Waals surface area contributed by atoms with Crippen molar-refractivity contribution >= 4 is 18.3 Å². The van der Waals surface area contributed by atoms with Crippen LogP contribution in [0, 0.1) is 0 Å². The number of benzene rings is 1. The molecule has 0 aliphatic rings. The number of ether oxygens (including phenoxy) is 2. The SMILES string of the molecule is CCCC(N)C(=O)NCc1ccnc(Oc2ccc(OCC)cc2)c1.Cl. The van der Waals surface area contributed by atoms with Crippen LogP contribution in [0.2, 0.25) is 0 Å². The molecule has 1 atom stereocenters. The molecule has 1 aromatic carbocycles. The highest BCUT2D eigenvalue weighted by Gasteiger charge is 2.11. The molecular formula is C19H26ClN3O3. The Bertz CT molecular complexity index is 680. The fourth-order valence-electron chi connectivity index (χ4n) is 2.27. The van der Waals surface area contributed by atoms with E-state index >= 15 is 0 Å². The maximum Gasteiger partial charge on any atom is 0.237 e. The minimum Gasteiger partial charge on any atom is -0.494 e. The second kappa shape index (κ2) is 11.3. The van der Waals surface area contributed by atoms with E-state index in [4.69, 9.17) is 15.2 Å². The van der Waals surface area contributed by atoms with Gasteiger partial charge in [0.15, 0.2) is 0 Å². The molecule has 142 valence electrons. The van der Waals surface area contributed by atoms with Crippen LogP contribution in [0.1, 0.15) is 32.3 Å². The number of hydrogen-bond acceptors (Lipinski definition) is 5. The molecule has 26 heavy (non-hydrogen) atoms. The maximum atomic E-state index is 11.9. The maximum absolute atomic E-state index is 11.9. The van der Waals surface area contributed by atoms with Crippen LogP contribution < -0.4 is 20.5 Å². The highest BCUT2D eigenvalue weighted by atomic mass is 35.5. The number of aromatic nitrogens is 1. The van der Waals surface area contributed by atoms with Crippen LogP contribution in [0.3, 0.4) is 0 Å². The largest absolute Gasteiger partial charge is 0.494 e. The average molecular weight is 380 g/mol. The van der Waals surface area contributed by atoms with Crippen molar-refractivity contribution in [2.75, 3.05) is 6.61 Å². The molecule has 1 unspecified atom stereocenters. The van der Waals surface area contributed by atoms with Crippen molar-refractivity contribution in [2.45, 2.75) is 39.3 Å². The first-order chi connectivity index (χ1) is 12.1. The van der Waals surface area contributed by atoms with E-state index in [0.717, 1.165) is 17.7 Å². The number of rotatable bonds is 9. The summed E-state index contributed by atoms with van der Waals surface area (Å²) < 4.78 is 11.1. The van der Waals surface area contributed by atoms with Gasteiger partial charge in [-0.1, -0.05) is 13.3 Å². The Labute approximate surface area is 160 Å². The zero-order valence-electron chi connectivity index (χ0n) is 15.1. The van der Waals surface area contributed by atoms with Gasteiger partial charge >= 0.3 is 0 Å². The van der Waals surface area contributed by atoms with Crippen LogP contribution in [0.4, 0.5) is 0 Å². The third-order valence-electron chi connectivity index (χ3n) is 3.56. The molecule has 0 spiro atoms. The standard InChI is InChI=1S/C19H25N3O3.ClH/c1-3-5-17(20)19(23)22-13-14-10-11-21-18(12-14)25-16-8-6-15(7-9-16)24-4-2;/h6-12,17H,3-5,13,20H2,1-2H3,(H,22,23);1H. The van der Waals surface area contributed by atoms with Crippen LogP contribution in [0.25, 0.3) is 0 Å². The number of amides is 1. The molecule has 0 saturated heterocycles. The lowest BCUT2D eigenvalue weighted by atomic mass is 10.1. The molecule has 0 bridgehead atoms. The van der Waals surface area contributed by atoms with Crippen LogP contribution in [-0.2, 0) is 11.3 Å². The molecule has 0 saturated carbocycles. The molecule has 3 N–H and O–H groups in total. The normalized spacial score (nSPS) is 11.2. The number of carbonyl (C=O) groups excluding carboxylic acids is 1. The Morgan fingerprint density at radius 1 is 1.19 bits per heavy atom. The predicted molar refractivity (Wildman–Crippen MR) is 104 cm³/mol. The summed E-state index contributed by atoms with van der Waals surface area (Å²) in [6.45, 7) is 4.95. The lowest BCUT2D eigenvalue weighted by Crippen LogP contribution is -2.40. The monoisotopic (exact) mass is 379 g/mol. The van der Waals surface area contributed by atoms with E-state index in [1.807, 2.05) is 44.2 Å². The summed E-state index contributed by atoms with van der Waals surface area (Å²) >= 11 is 0. The van der Waals surface area contributed by atoms with Gasteiger partial charge in [-0.05, 0) is 49.2 Å². The fraction of sp³-hybridized carbons (Fsp3) is 0.368. The minimum absolute atomic E-state index is 0. The summed E-state index contributed by atoms with van der Waals surface area (Å²) in [5.74, 6) is 1.78. The van der Waals surface area contributed by atoms with E-state index < -0.39 is 6.04 Å². The summed E-state index contributed by atoms with van der Waals surface area (Å²) in [4.78, 5) is 16.1. The number of nitrogens with one attached hydrogen (secondary N) is 1. The molecule has 7 heteroatoms. The quantitative estimate of drug-likeness (QED) is 0.697. The van der Waals surface area contributed by atoms with Gasteiger partial charge in [0.25, 0.3) is 0 Å². The van der Waals surface area contributed by atoms with Gasteiger partial charge in [-0.25, -0.2) is 4.98 Å². The van der Waals surface area contributed by atoms with Gasteiger partial charge in [0, 0.05) is 18.8 Å². The molecule has 0 aliphatic heterocycles. The first kappa shape index (κ1) is 21.7. The minimum atomic E-state index is -0.466. The van der Waals surface area contributed by atoms with Crippen LogP contribution >= 0.6 is 12.4 Å². The zero-order valence-corrected chi connectivity index (χ0v) is 15.9. The smallest absolute Gasteiger partial charge is 0.237 e. The lowest BCUT2D eigenvalue weighted by molar-refractivity contribution is -0.122. The van der Waals surface area contributed by atoms with Crippen molar-refractivity contribution < 1.29 is 14.3 Å². The first-order valence-electron chi connectivity index (χ1n) is 8.51. The second-order valence-corrected chi connectivity index (χ2v) is 5.62. The topological polar surface area (TPSA) is 86.5 Å². The predicted octanol–water partition coefficient (Wildman–Crippen LogP) is 3.44. The van der Waals surface area contributed by atoms with Crippen molar-refractivity contribution in [1.29, 1.82) is 0 Å². The summed E-state index contributed by atoms with van der Waals surface area (Å²) in [5, 5.41) is 2.83. The van der Waals surface area contributed by atoms with Gasteiger partial charge in [-0.3, -0.25) is 4.79 Å². The third kappa shape index (κ3) is 6.90. The number of halogens is 1. The summed E-state index contributed by atoms with van der Waals surface area (Å²) in [5.41, 5.74) is 6.69. The van der Waals surface area contributed by atoms with E-state index in [-0.39, 0.29) is 18.3 Å². The van der Waals surface area contributed by atoms with Crippen molar-refractivity contribution in [2.24, 2.45) is 5.73 Å². The highest BCUT2D eigenvalue weighted by Crippen LogP contribution is 2.23. The van der Waals surface area contributed by atoms with Crippen LogP contribution in [0.15, 0.2) is 42.6 Å².